The van der Waals surface area contributed by atoms with E-state index >= 15 is 0 Å². The Hall–Kier alpha value is -2.85. The highest BCUT2D eigenvalue weighted by Crippen LogP contribution is 2.31. The van der Waals surface area contributed by atoms with E-state index in [1.54, 1.807) is 43.5 Å². The van der Waals surface area contributed by atoms with Crippen LogP contribution in [0.1, 0.15) is 54.9 Å². The molecule has 0 spiro atoms. The topological polar surface area (TPSA) is 107 Å². The van der Waals surface area contributed by atoms with Crippen LogP contribution in [-0.4, -0.2) is 55.5 Å². The lowest BCUT2D eigenvalue weighted by Gasteiger charge is -2.27. The van der Waals surface area contributed by atoms with Crippen molar-refractivity contribution in [2.45, 2.75) is 58.4 Å². The molecular weight excluding hydrogens is 458 g/mol. The fourth-order valence-electron chi connectivity index (χ4n) is 4.11. The monoisotopic (exact) mass is 491 g/mol. The molecular formula is C24H33N3O6S. The third-order valence-electron chi connectivity index (χ3n) is 5.83. The van der Waals surface area contributed by atoms with Crippen LogP contribution in [-0.2, 0) is 26.1 Å². The minimum absolute atomic E-state index is 0.0293. The number of anilines is 1. The van der Waals surface area contributed by atoms with Crippen molar-refractivity contribution in [3.05, 3.63) is 41.2 Å². The zero-order valence-corrected chi connectivity index (χ0v) is 21.0. The number of nitrogens with zero attached hydrogens (tertiary/aromatic N) is 2. The molecule has 1 fully saturated rings. The first-order chi connectivity index (χ1) is 16.2. The Balaban J connectivity index is 1.83. The van der Waals surface area contributed by atoms with Gasteiger partial charge in [0.2, 0.25) is 15.9 Å². The molecule has 0 atom stereocenters. The van der Waals surface area contributed by atoms with Gasteiger partial charge in [-0.25, -0.2) is 13.2 Å². The highest BCUT2D eigenvalue weighted by Gasteiger charge is 2.29. The molecule has 2 aromatic rings. The summed E-state index contributed by atoms with van der Waals surface area (Å²) in [7, 11) is -3.76. The van der Waals surface area contributed by atoms with Gasteiger partial charge in [-0.3, -0.25) is 4.79 Å². The van der Waals surface area contributed by atoms with Crippen molar-refractivity contribution in [2.75, 3.05) is 31.6 Å². The number of hydrogen-bond acceptors (Lipinski definition) is 6. The molecule has 34 heavy (non-hydrogen) atoms. The van der Waals surface area contributed by atoms with Crippen molar-refractivity contribution >= 4 is 27.6 Å². The number of aryl methyl sites for hydroxylation is 1. The van der Waals surface area contributed by atoms with Gasteiger partial charge in [0, 0.05) is 30.2 Å². The maximum Gasteiger partial charge on any atom is 0.339 e. The Labute approximate surface area is 201 Å². The predicted octanol–water partition coefficient (Wildman–Crippen LogP) is 3.49. The number of benzene rings is 1. The molecule has 0 unspecified atom stereocenters. The zero-order chi connectivity index (χ0) is 24.9. The number of nitrogens with one attached hydrogen (secondary N) is 1. The van der Waals surface area contributed by atoms with Crippen molar-refractivity contribution in [3.8, 4) is 5.75 Å². The number of amides is 1. The van der Waals surface area contributed by atoms with E-state index in [0.29, 0.717) is 36.6 Å². The molecule has 1 aliphatic heterocycles. The molecule has 0 aliphatic carbocycles. The Morgan fingerprint density at radius 1 is 1.03 bits per heavy atom. The highest BCUT2D eigenvalue weighted by molar-refractivity contribution is 7.89. The van der Waals surface area contributed by atoms with Gasteiger partial charge in [-0.05, 0) is 64.8 Å². The Morgan fingerprint density at radius 2 is 1.74 bits per heavy atom. The summed E-state index contributed by atoms with van der Waals surface area (Å²) in [6, 6.07) is 6.34. The van der Waals surface area contributed by atoms with Crippen molar-refractivity contribution in [3.63, 3.8) is 0 Å². The van der Waals surface area contributed by atoms with Crippen LogP contribution >= 0.6 is 0 Å². The molecule has 10 heteroatoms. The van der Waals surface area contributed by atoms with Gasteiger partial charge < -0.3 is 19.4 Å². The average molecular weight is 492 g/mol. The van der Waals surface area contributed by atoms with Gasteiger partial charge in [0.05, 0.1) is 18.8 Å². The largest absolute Gasteiger partial charge is 0.492 e. The second-order valence-corrected chi connectivity index (χ2v) is 10.1. The van der Waals surface area contributed by atoms with Gasteiger partial charge in [-0.15, -0.1) is 0 Å². The van der Waals surface area contributed by atoms with E-state index in [9.17, 15) is 18.0 Å². The minimum atomic E-state index is -3.76. The van der Waals surface area contributed by atoms with E-state index in [1.807, 2.05) is 6.92 Å². The van der Waals surface area contributed by atoms with Crippen LogP contribution in [0.4, 0.5) is 5.69 Å². The molecule has 0 radical (unpaired) electrons. The van der Waals surface area contributed by atoms with Crippen LogP contribution < -0.4 is 10.1 Å². The maximum atomic E-state index is 13.3. The standard InChI is InChI=1S/C24H33N3O6S/c1-5-32-21-11-10-19(15-22(21)34(30,31)26-12-8-7-9-13-26)25-23(28)16-27-17(3)14-20(18(27)4)24(29)33-6-2/h10-11,14-15H,5-9,12-13,16H2,1-4H3,(H,25,28). The molecule has 3 rings (SSSR count). The molecule has 1 aliphatic rings. The van der Waals surface area contributed by atoms with Crippen LogP contribution in [0.5, 0.6) is 5.75 Å². The summed E-state index contributed by atoms with van der Waals surface area (Å²) in [5.74, 6) is -0.508. The number of esters is 1. The van der Waals surface area contributed by atoms with Crippen LogP contribution in [0.15, 0.2) is 29.2 Å². The van der Waals surface area contributed by atoms with Gasteiger partial charge in [-0.2, -0.15) is 4.31 Å². The number of carbonyl (C=O) groups is 2. The van der Waals surface area contributed by atoms with Gasteiger partial charge in [0.25, 0.3) is 0 Å². The van der Waals surface area contributed by atoms with Gasteiger partial charge >= 0.3 is 5.97 Å². The summed E-state index contributed by atoms with van der Waals surface area (Å²) in [6.45, 7) is 8.60. The Morgan fingerprint density at radius 3 is 2.38 bits per heavy atom. The van der Waals surface area contributed by atoms with Gasteiger partial charge in [0.15, 0.2) is 0 Å². The number of hydrogen-bond donors (Lipinski definition) is 1. The third-order valence-corrected chi connectivity index (χ3v) is 7.75. The molecule has 186 valence electrons. The number of aromatic nitrogens is 1. The molecule has 1 amide bonds. The van der Waals surface area contributed by atoms with Crippen molar-refractivity contribution in [1.82, 2.24) is 8.87 Å². The van der Waals surface area contributed by atoms with E-state index in [2.05, 4.69) is 5.32 Å². The lowest BCUT2D eigenvalue weighted by Crippen LogP contribution is -2.35. The van der Waals surface area contributed by atoms with E-state index in [4.69, 9.17) is 9.47 Å². The lowest BCUT2D eigenvalue weighted by molar-refractivity contribution is -0.116. The molecule has 9 nitrogen and oxygen atoms in total. The van der Waals surface area contributed by atoms with Crippen LogP contribution in [0.3, 0.4) is 0 Å². The fraction of sp³-hybridized carbons (Fsp3) is 0.500. The first-order valence-corrected chi connectivity index (χ1v) is 13.0. The fourth-order valence-corrected chi connectivity index (χ4v) is 5.78. The van der Waals surface area contributed by atoms with E-state index in [0.717, 1.165) is 25.0 Å². The number of rotatable bonds is 9. The maximum absolute atomic E-state index is 13.3. The van der Waals surface area contributed by atoms with Crippen molar-refractivity contribution in [2.24, 2.45) is 0 Å². The average Bonchev–Trinajstić information content (AvgIpc) is 3.09. The van der Waals surface area contributed by atoms with E-state index < -0.39 is 16.0 Å². The SMILES string of the molecule is CCOC(=O)c1cc(C)n(CC(=O)Nc2ccc(OCC)c(S(=O)(=O)N3CCCCC3)c2)c1C. The first-order valence-electron chi connectivity index (χ1n) is 11.6. The second-order valence-electron chi connectivity index (χ2n) is 8.20. The smallest absolute Gasteiger partial charge is 0.339 e. The van der Waals surface area contributed by atoms with Crippen LogP contribution in [0, 0.1) is 13.8 Å². The number of piperidine rings is 1. The third kappa shape index (κ3) is 5.61. The molecule has 0 bridgehead atoms. The zero-order valence-electron chi connectivity index (χ0n) is 20.2. The summed E-state index contributed by atoms with van der Waals surface area (Å²) < 4.78 is 40.5. The Bertz CT molecular complexity index is 1150. The van der Waals surface area contributed by atoms with Crippen molar-refractivity contribution in [1.29, 1.82) is 0 Å². The predicted molar refractivity (Wildman–Crippen MR) is 129 cm³/mol. The van der Waals surface area contributed by atoms with Crippen LogP contribution in [0.25, 0.3) is 0 Å². The minimum Gasteiger partial charge on any atom is -0.492 e. The second kappa shape index (κ2) is 11.1. The van der Waals surface area contributed by atoms with Crippen molar-refractivity contribution < 1.29 is 27.5 Å². The van der Waals surface area contributed by atoms with E-state index in [1.165, 1.54) is 10.4 Å². The lowest BCUT2D eigenvalue weighted by atomic mass is 10.2. The normalized spacial score (nSPS) is 14.6. The highest BCUT2D eigenvalue weighted by atomic mass is 32.2. The van der Waals surface area contributed by atoms with Gasteiger partial charge in [0.1, 0.15) is 17.2 Å². The molecule has 0 saturated carbocycles. The Kier molecular flexibility index (Phi) is 8.37. The summed E-state index contributed by atoms with van der Waals surface area (Å²) in [4.78, 5) is 25.0. The molecule has 1 aromatic heterocycles. The number of ether oxygens (including phenoxy) is 2. The summed E-state index contributed by atoms with van der Waals surface area (Å²) >= 11 is 0. The molecule has 1 aromatic carbocycles. The summed E-state index contributed by atoms with van der Waals surface area (Å²) in [6.07, 6.45) is 2.66. The quantitative estimate of drug-likeness (QED) is 0.538. The molecule has 2 heterocycles. The molecule has 1 N–H and O–H groups in total. The van der Waals surface area contributed by atoms with E-state index in [-0.39, 0.29) is 29.7 Å². The molecule has 1 saturated heterocycles. The number of carbonyl (C=O) groups excluding carboxylic acids is 2. The van der Waals surface area contributed by atoms with Crippen LogP contribution in [0.2, 0.25) is 0 Å². The number of sulfonamides is 1. The summed E-state index contributed by atoms with van der Waals surface area (Å²) in [5.41, 5.74) is 2.15. The summed E-state index contributed by atoms with van der Waals surface area (Å²) in [5, 5.41) is 2.78. The van der Waals surface area contributed by atoms with Gasteiger partial charge in [-0.1, -0.05) is 6.42 Å². The first kappa shape index (κ1) is 25.8.